The minimum absolute atomic E-state index is 0.0159. The Bertz CT molecular complexity index is 1080. The van der Waals surface area contributed by atoms with E-state index in [0.29, 0.717) is 12.2 Å². The molecule has 0 spiro atoms. The van der Waals surface area contributed by atoms with E-state index in [1.54, 1.807) is 12.5 Å². The number of H-pyrrole nitrogens is 1. The summed E-state index contributed by atoms with van der Waals surface area (Å²) in [6.45, 7) is 1.42. The van der Waals surface area contributed by atoms with E-state index in [9.17, 15) is 4.79 Å². The number of piperidine rings is 1. The average Bonchev–Trinajstić information content (AvgIpc) is 3.41. The lowest BCUT2D eigenvalue weighted by atomic mass is 9.97. The fraction of sp³-hybridized carbons (Fsp3) is 0.227. The summed E-state index contributed by atoms with van der Waals surface area (Å²) in [6, 6.07) is 17.9. The molecular weight excluding hydrogens is 350 g/mol. The number of imidazole rings is 2. The lowest BCUT2D eigenvalue weighted by Gasteiger charge is -2.32. The van der Waals surface area contributed by atoms with E-state index in [-0.39, 0.29) is 11.8 Å². The maximum atomic E-state index is 13.2. The molecule has 0 saturated carbocycles. The number of aromatic amines is 1. The number of rotatable bonds is 3. The summed E-state index contributed by atoms with van der Waals surface area (Å²) < 4.78 is 1.85. The number of likely N-dealkylation sites (tertiary alicyclic amines) is 1. The van der Waals surface area contributed by atoms with Crippen LogP contribution in [0.2, 0.25) is 0 Å². The van der Waals surface area contributed by atoms with Crippen LogP contribution in [0.5, 0.6) is 0 Å². The minimum Gasteiger partial charge on any atom is -0.342 e. The van der Waals surface area contributed by atoms with Crippen LogP contribution < -0.4 is 0 Å². The van der Waals surface area contributed by atoms with E-state index in [0.717, 1.165) is 41.9 Å². The van der Waals surface area contributed by atoms with Gasteiger partial charge >= 0.3 is 0 Å². The molecule has 28 heavy (non-hydrogen) atoms. The van der Waals surface area contributed by atoms with Crippen molar-refractivity contribution in [1.82, 2.24) is 24.4 Å². The second-order valence-corrected chi connectivity index (χ2v) is 7.21. The van der Waals surface area contributed by atoms with Gasteiger partial charge in [-0.3, -0.25) is 9.36 Å². The molecule has 140 valence electrons. The molecule has 1 amide bonds. The SMILES string of the molecule is O=C(c1cncn1-c1ccccc1)N1CCC[C@@H](c2nc3ccccc3[nH]2)C1. The predicted octanol–water partition coefficient (Wildman–Crippen LogP) is 3.77. The monoisotopic (exact) mass is 371 g/mol. The first kappa shape index (κ1) is 16.7. The van der Waals surface area contributed by atoms with Crippen LogP contribution in [0.15, 0.2) is 67.1 Å². The third-order valence-corrected chi connectivity index (χ3v) is 5.39. The molecule has 1 aliphatic heterocycles. The zero-order valence-corrected chi connectivity index (χ0v) is 15.5. The maximum absolute atomic E-state index is 13.2. The first-order valence-electron chi connectivity index (χ1n) is 9.61. The summed E-state index contributed by atoms with van der Waals surface area (Å²) in [6.07, 6.45) is 5.35. The van der Waals surface area contributed by atoms with Crippen LogP contribution in [-0.4, -0.2) is 43.4 Å². The van der Waals surface area contributed by atoms with E-state index in [2.05, 4.69) is 9.97 Å². The molecule has 1 N–H and O–H groups in total. The van der Waals surface area contributed by atoms with E-state index >= 15 is 0 Å². The Morgan fingerprint density at radius 3 is 2.75 bits per heavy atom. The van der Waals surface area contributed by atoms with Crippen molar-refractivity contribution in [2.24, 2.45) is 0 Å². The van der Waals surface area contributed by atoms with Gasteiger partial charge in [0.15, 0.2) is 0 Å². The number of nitrogens with one attached hydrogen (secondary N) is 1. The van der Waals surface area contributed by atoms with Gasteiger partial charge < -0.3 is 9.88 Å². The van der Waals surface area contributed by atoms with Crippen LogP contribution in [0.4, 0.5) is 0 Å². The van der Waals surface area contributed by atoms with Crippen LogP contribution >= 0.6 is 0 Å². The number of carbonyl (C=O) groups is 1. The normalized spacial score (nSPS) is 17.1. The molecule has 0 aliphatic carbocycles. The molecule has 6 nitrogen and oxygen atoms in total. The van der Waals surface area contributed by atoms with E-state index in [1.807, 2.05) is 64.1 Å². The highest BCUT2D eigenvalue weighted by Gasteiger charge is 2.29. The van der Waals surface area contributed by atoms with Gasteiger partial charge in [-0.2, -0.15) is 0 Å². The summed E-state index contributed by atoms with van der Waals surface area (Å²) in [5, 5.41) is 0. The van der Waals surface area contributed by atoms with Gasteiger partial charge in [-0.1, -0.05) is 30.3 Å². The molecule has 4 aromatic rings. The zero-order valence-electron chi connectivity index (χ0n) is 15.5. The van der Waals surface area contributed by atoms with E-state index in [4.69, 9.17) is 4.98 Å². The highest BCUT2D eigenvalue weighted by molar-refractivity contribution is 5.93. The van der Waals surface area contributed by atoms with Gasteiger partial charge in [0.1, 0.15) is 11.5 Å². The van der Waals surface area contributed by atoms with Crippen molar-refractivity contribution in [1.29, 1.82) is 0 Å². The number of carbonyl (C=O) groups excluding carboxylic acids is 1. The molecule has 1 aliphatic rings. The van der Waals surface area contributed by atoms with E-state index in [1.165, 1.54) is 0 Å². The lowest BCUT2D eigenvalue weighted by Crippen LogP contribution is -2.40. The van der Waals surface area contributed by atoms with Gasteiger partial charge in [-0.25, -0.2) is 9.97 Å². The third kappa shape index (κ3) is 2.97. The molecule has 0 unspecified atom stereocenters. The standard InChI is InChI=1S/C22H21N5O/c28-22(20-13-23-15-27(20)17-8-2-1-3-9-17)26-12-6-7-16(14-26)21-24-18-10-4-5-11-19(18)25-21/h1-5,8-11,13,15-16H,6-7,12,14H2,(H,24,25)/t16-/m1/s1. The Hall–Kier alpha value is -3.41. The number of para-hydroxylation sites is 3. The Kier molecular flexibility index (Phi) is 4.16. The maximum Gasteiger partial charge on any atom is 0.272 e. The molecule has 1 atom stereocenters. The topological polar surface area (TPSA) is 66.8 Å². The molecule has 1 saturated heterocycles. The molecule has 1 fully saturated rings. The number of benzene rings is 2. The third-order valence-electron chi connectivity index (χ3n) is 5.39. The molecular formula is C22H21N5O. The first-order valence-corrected chi connectivity index (χ1v) is 9.61. The number of amides is 1. The zero-order chi connectivity index (χ0) is 18.9. The Morgan fingerprint density at radius 1 is 1.07 bits per heavy atom. The Labute approximate surface area is 162 Å². The average molecular weight is 371 g/mol. The van der Waals surface area contributed by atoms with Gasteiger partial charge in [0.05, 0.1) is 23.6 Å². The molecule has 0 bridgehead atoms. The summed E-state index contributed by atoms with van der Waals surface area (Å²) in [5.74, 6) is 1.20. The summed E-state index contributed by atoms with van der Waals surface area (Å²) in [7, 11) is 0. The highest BCUT2D eigenvalue weighted by Crippen LogP contribution is 2.28. The molecule has 5 rings (SSSR count). The fourth-order valence-electron chi connectivity index (χ4n) is 3.96. The Morgan fingerprint density at radius 2 is 1.89 bits per heavy atom. The van der Waals surface area contributed by atoms with Gasteiger partial charge in [0.25, 0.3) is 5.91 Å². The molecule has 6 heteroatoms. The summed E-state index contributed by atoms with van der Waals surface area (Å²) >= 11 is 0. The molecule has 3 heterocycles. The van der Waals surface area contributed by atoms with Crippen LogP contribution in [0, 0.1) is 0 Å². The summed E-state index contributed by atoms with van der Waals surface area (Å²) in [5.41, 5.74) is 3.55. The molecule has 2 aromatic carbocycles. The number of aromatic nitrogens is 4. The number of hydrogen-bond acceptors (Lipinski definition) is 3. The van der Waals surface area contributed by atoms with Crippen LogP contribution in [0.3, 0.4) is 0 Å². The van der Waals surface area contributed by atoms with Crippen LogP contribution in [0.25, 0.3) is 16.7 Å². The van der Waals surface area contributed by atoms with Crippen molar-refractivity contribution < 1.29 is 4.79 Å². The number of nitrogens with zero attached hydrogens (tertiary/aromatic N) is 4. The quantitative estimate of drug-likeness (QED) is 0.596. The van der Waals surface area contributed by atoms with E-state index < -0.39 is 0 Å². The molecule has 2 aromatic heterocycles. The van der Waals surface area contributed by atoms with Crippen molar-refractivity contribution in [2.45, 2.75) is 18.8 Å². The highest BCUT2D eigenvalue weighted by atomic mass is 16.2. The van der Waals surface area contributed by atoms with Gasteiger partial charge in [-0.05, 0) is 37.1 Å². The molecule has 0 radical (unpaired) electrons. The lowest BCUT2D eigenvalue weighted by molar-refractivity contribution is 0.0696. The van der Waals surface area contributed by atoms with Gasteiger partial charge in [-0.15, -0.1) is 0 Å². The minimum atomic E-state index is 0.0159. The second kappa shape index (κ2) is 6.96. The smallest absolute Gasteiger partial charge is 0.272 e. The van der Waals surface area contributed by atoms with Gasteiger partial charge in [0.2, 0.25) is 0 Å². The number of hydrogen-bond donors (Lipinski definition) is 1. The fourth-order valence-corrected chi connectivity index (χ4v) is 3.96. The van der Waals surface area contributed by atoms with Crippen LogP contribution in [-0.2, 0) is 0 Å². The van der Waals surface area contributed by atoms with Crippen LogP contribution in [0.1, 0.15) is 35.1 Å². The Balaban J connectivity index is 1.40. The van der Waals surface area contributed by atoms with Gasteiger partial charge in [0, 0.05) is 24.7 Å². The first-order chi connectivity index (χ1) is 13.8. The van der Waals surface area contributed by atoms with Crippen molar-refractivity contribution in [3.05, 3.63) is 78.6 Å². The number of fused-ring (bicyclic) bond motifs is 1. The second-order valence-electron chi connectivity index (χ2n) is 7.21. The predicted molar refractivity (Wildman–Crippen MR) is 108 cm³/mol. The van der Waals surface area contributed by atoms with Crippen molar-refractivity contribution >= 4 is 16.9 Å². The summed E-state index contributed by atoms with van der Waals surface area (Å²) in [4.78, 5) is 27.6. The van der Waals surface area contributed by atoms with Crippen molar-refractivity contribution in [3.8, 4) is 5.69 Å². The largest absolute Gasteiger partial charge is 0.342 e. The van der Waals surface area contributed by atoms with Crippen molar-refractivity contribution in [3.63, 3.8) is 0 Å². The van der Waals surface area contributed by atoms with Crippen molar-refractivity contribution in [2.75, 3.05) is 13.1 Å².